The van der Waals surface area contributed by atoms with Gasteiger partial charge in [0.2, 0.25) is 5.78 Å². The Bertz CT molecular complexity index is 580. The molecule has 0 heterocycles. The minimum atomic E-state index is -0.970. The van der Waals surface area contributed by atoms with Crippen LogP contribution in [0.2, 0.25) is 0 Å². The first-order valence-corrected chi connectivity index (χ1v) is 7.38. The van der Waals surface area contributed by atoms with E-state index < -0.39 is 29.1 Å². The Balaban J connectivity index is 2.42. The molecule has 1 aliphatic rings. The van der Waals surface area contributed by atoms with Gasteiger partial charge in [0.1, 0.15) is 0 Å². The van der Waals surface area contributed by atoms with E-state index in [2.05, 4.69) is 4.74 Å². The molecule has 0 saturated heterocycles. The summed E-state index contributed by atoms with van der Waals surface area (Å²) in [5, 5.41) is 0. The van der Waals surface area contributed by atoms with Crippen LogP contribution in [0.5, 0.6) is 0 Å². The topological polar surface area (TPSA) is 69.7 Å². The highest BCUT2D eigenvalue weighted by molar-refractivity contribution is 6.36. The lowest BCUT2D eigenvalue weighted by atomic mass is 9.95. The average molecular weight is 304 g/mol. The molecule has 1 aromatic carbocycles. The van der Waals surface area contributed by atoms with Gasteiger partial charge in [-0.25, -0.2) is 4.79 Å². The molecule has 3 atom stereocenters. The number of esters is 2. The van der Waals surface area contributed by atoms with Crippen LogP contribution in [-0.2, 0) is 23.9 Å². The van der Waals surface area contributed by atoms with Crippen LogP contribution in [0, 0.1) is 11.3 Å². The molecule has 0 aromatic heterocycles. The van der Waals surface area contributed by atoms with Gasteiger partial charge in [-0.15, -0.1) is 0 Å². The summed E-state index contributed by atoms with van der Waals surface area (Å²) < 4.78 is 9.70. The van der Waals surface area contributed by atoms with Gasteiger partial charge in [0.25, 0.3) is 0 Å². The van der Waals surface area contributed by atoms with E-state index in [1.165, 1.54) is 0 Å². The lowest BCUT2D eigenvalue weighted by Gasteiger charge is -2.14. The van der Waals surface area contributed by atoms with Crippen LogP contribution in [0.15, 0.2) is 30.3 Å². The Labute approximate surface area is 129 Å². The molecule has 0 spiro atoms. The predicted octanol–water partition coefficient (Wildman–Crippen LogP) is 2.10. The Morgan fingerprint density at radius 3 is 2.27 bits per heavy atom. The average Bonchev–Trinajstić information content (AvgIpc) is 3.24. The van der Waals surface area contributed by atoms with Crippen molar-refractivity contribution in [3.8, 4) is 0 Å². The van der Waals surface area contributed by atoms with Crippen molar-refractivity contribution in [2.75, 3.05) is 13.7 Å². The summed E-state index contributed by atoms with van der Waals surface area (Å²) in [5.41, 5.74) is -0.109. The molecular weight excluding hydrogens is 284 g/mol. The summed E-state index contributed by atoms with van der Waals surface area (Å²) in [4.78, 5) is 36.4. The molecule has 5 nitrogen and oxygen atoms in total. The van der Waals surface area contributed by atoms with E-state index >= 15 is 0 Å². The first-order chi connectivity index (χ1) is 10.5. The maximum Gasteiger partial charge on any atom is 0.374 e. The summed E-state index contributed by atoms with van der Waals surface area (Å²) in [6, 6.07) is 9.27. The van der Waals surface area contributed by atoms with Crippen molar-refractivity contribution in [2.45, 2.75) is 26.2 Å². The molecule has 1 aromatic rings. The third-order valence-electron chi connectivity index (χ3n) is 4.40. The molecule has 5 heteroatoms. The van der Waals surface area contributed by atoms with Crippen molar-refractivity contribution >= 4 is 17.7 Å². The first kappa shape index (κ1) is 16.2. The van der Waals surface area contributed by atoms with E-state index in [1.807, 2.05) is 37.3 Å². The number of benzene rings is 1. The van der Waals surface area contributed by atoms with Crippen molar-refractivity contribution in [3.63, 3.8) is 0 Å². The van der Waals surface area contributed by atoms with E-state index in [1.54, 1.807) is 6.92 Å². The van der Waals surface area contributed by atoms with Crippen molar-refractivity contribution in [1.82, 2.24) is 0 Å². The van der Waals surface area contributed by atoms with Gasteiger partial charge in [0.05, 0.1) is 25.0 Å². The molecule has 1 saturated carbocycles. The van der Waals surface area contributed by atoms with E-state index in [9.17, 15) is 14.4 Å². The van der Waals surface area contributed by atoms with Crippen LogP contribution in [0.1, 0.15) is 31.7 Å². The molecule has 0 radical (unpaired) electrons. The zero-order valence-electron chi connectivity index (χ0n) is 13.0. The number of hydrogen-bond acceptors (Lipinski definition) is 5. The molecule has 2 rings (SSSR count). The zero-order valence-corrected chi connectivity index (χ0v) is 13.0. The number of carbonyl (C=O) groups is 3. The Hall–Kier alpha value is -2.17. The van der Waals surface area contributed by atoms with Gasteiger partial charge >= 0.3 is 11.9 Å². The minimum absolute atomic E-state index is 0.237. The SMILES string of the molecule is CCOC(=O)[C@@]1(CC)[C@H](C(=O)C(=O)OC)[C@H]1c1ccccc1. The third-order valence-corrected chi connectivity index (χ3v) is 4.40. The van der Waals surface area contributed by atoms with Gasteiger partial charge in [-0.1, -0.05) is 37.3 Å². The van der Waals surface area contributed by atoms with Crippen LogP contribution >= 0.6 is 0 Å². The summed E-state index contributed by atoms with van der Waals surface area (Å²) in [7, 11) is 1.16. The van der Waals surface area contributed by atoms with Gasteiger partial charge < -0.3 is 9.47 Å². The molecular formula is C17H20O5. The number of methoxy groups -OCH3 is 1. The molecule has 0 bridgehead atoms. The fourth-order valence-electron chi connectivity index (χ4n) is 3.31. The van der Waals surface area contributed by atoms with Crippen LogP contribution < -0.4 is 0 Å². The lowest BCUT2D eigenvalue weighted by molar-refractivity contribution is -0.155. The van der Waals surface area contributed by atoms with Gasteiger partial charge in [-0.2, -0.15) is 0 Å². The Morgan fingerprint density at radius 1 is 1.14 bits per heavy atom. The highest BCUT2D eigenvalue weighted by Crippen LogP contribution is 2.67. The monoisotopic (exact) mass is 304 g/mol. The standard InChI is InChI=1S/C17H20O5/c1-4-17(16(20)22-5-2)12(11-9-7-6-8-10-11)13(17)14(18)15(19)21-3/h6-10,12-13H,4-5H2,1-3H3/t12-,13+,17-/m1/s1. The minimum Gasteiger partial charge on any atom is -0.466 e. The number of carbonyl (C=O) groups excluding carboxylic acids is 3. The quantitative estimate of drug-likeness (QED) is 0.594. The summed E-state index contributed by atoms with van der Waals surface area (Å²) in [6.07, 6.45) is 0.429. The smallest absolute Gasteiger partial charge is 0.374 e. The second kappa shape index (κ2) is 6.30. The van der Waals surface area contributed by atoms with Gasteiger partial charge in [0, 0.05) is 5.92 Å². The number of Topliss-reactive ketones (excluding diaryl/α,β-unsaturated/α-hetero) is 1. The Kier molecular flexibility index (Phi) is 4.64. The highest BCUT2D eigenvalue weighted by atomic mass is 16.5. The van der Waals surface area contributed by atoms with Crippen molar-refractivity contribution < 1.29 is 23.9 Å². The van der Waals surface area contributed by atoms with E-state index in [-0.39, 0.29) is 12.5 Å². The third kappa shape index (κ3) is 2.40. The number of ether oxygens (including phenoxy) is 2. The van der Waals surface area contributed by atoms with Crippen LogP contribution in [0.25, 0.3) is 0 Å². The normalized spacial score (nSPS) is 26.1. The summed E-state index contributed by atoms with van der Waals surface area (Å²) in [6.45, 7) is 3.79. The number of rotatable bonds is 6. The van der Waals surface area contributed by atoms with Crippen molar-refractivity contribution in [1.29, 1.82) is 0 Å². The number of ketones is 1. The van der Waals surface area contributed by atoms with Gasteiger partial charge in [0.15, 0.2) is 0 Å². The number of hydrogen-bond donors (Lipinski definition) is 0. The molecule has 0 N–H and O–H groups in total. The van der Waals surface area contributed by atoms with Crippen LogP contribution in [0.4, 0.5) is 0 Å². The van der Waals surface area contributed by atoms with Crippen LogP contribution in [0.3, 0.4) is 0 Å². The molecule has 0 unspecified atom stereocenters. The van der Waals surface area contributed by atoms with Crippen molar-refractivity contribution in [2.24, 2.45) is 11.3 Å². The largest absolute Gasteiger partial charge is 0.466 e. The Morgan fingerprint density at radius 2 is 1.77 bits per heavy atom. The first-order valence-electron chi connectivity index (χ1n) is 7.38. The summed E-state index contributed by atoms with van der Waals surface area (Å²) in [5.74, 6) is -3.05. The molecule has 0 amide bonds. The van der Waals surface area contributed by atoms with E-state index in [0.717, 1.165) is 12.7 Å². The maximum absolute atomic E-state index is 12.4. The molecule has 1 fully saturated rings. The second-order valence-corrected chi connectivity index (χ2v) is 5.34. The highest BCUT2D eigenvalue weighted by Gasteiger charge is 2.73. The fraction of sp³-hybridized carbons (Fsp3) is 0.471. The fourth-order valence-corrected chi connectivity index (χ4v) is 3.31. The van der Waals surface area contributed by atoms with Gasteiger partial charge in [-0.3, -0.25) is 9.59 Å². The zero-order chi connectivity index (χ0) is 16.3. The van der Waals surface area contributed by atoms with Gasteiger partial charge in [-0.05, 0) is 18.9 Å². The predicted molar refractivity (Wildman–Crippen MR) is 79.1 cm³/mol. The lowest BCUT2D eigenvalue weighted by Crippen LogP contribution is -2.27. The molecule has 118 valence electrons. The maximum atomic E-state index is 12.4. The van der Waals surface area contributed by atoms with Crippen molar-refractivity contribution in [3.05, 3.63) is 35.9 Å². The van der Waals surface area contributed by atoms with E-state index in [0.29, 0.717) is 6.42 Å². The van der Waals surface area contributed by atoms with E-state index in [4.69, 9.17) is 4.74 Å². The molecule has 22 heavy (non-hydrogen) atoms. The second-order valence-electron chi connectivity index (χ2n) is 5.34. The van der Waals surface area contributed by atoms with Crippen LogP contribution in [-0.4, -0.2) is 31.4 Å². The summed E-state index contributed by atoms with van der Waals surface area (Å²) >= 11 is 0. The molecule has 0 aliphatic heterocycles. The molecule has 1 aliphatic carbocycles.